The largest absolute Gasteiger partial charge is 0.390 e. The molecule has 32 heavy (non-hydrogen) atoms. The summed E-state index contributed by atoms with van der Waals surface area (Å²) in [6, 6.07) is 0. The Bertz CT molecular complexity index is 929. The third-order valence-corrected chi connectivity index (χ3v) is 9.16. The first-order valence-electron chi connectivity index (χ1n) is 11.2. The lowest BCUT2D eigenvalue weighted by atomic mass is 9.44. The average Bonchev–Trinajstić information content (AvgIpc) is 2.95. The molecule has 4 aliphatic carbocycles. The standard InChI is InChI=1S/C25H32ClFO5/c1-14(2)13-32-21-10-18-17-6-5-15-9-16(28)7-8-22(15,3)24(17,27)19(29)11-23(18,4)25(21,31)20(30)12-26/h7-9,17-19,21,29,31H,1,5-6,10-13H2,2-4H3/t17-,18-,19?,21?,22-,23-,24-,25+/m0/s1. The van der Waals surface area contributed by atoms with Crippen molar-refractivity contribution in [2.24, 2.45) is 22.7 Å². The minimum Gasteiger partial charge on any atom is -0.390 e. The van der Waals surface area contributed by atoms with Gasteiger partial charge in [-0.1, -0.05) is 30.7 Å². The Morgan fingerprint density at radius 1 is 1.38 bits per heavy atom. The van der Waals surface area contributed by atoms with E-state index in [9.17, 15) is 19.8 Å². The van der Waals surface area contributed by atoms with Gasteiger partial charge in [-0.2, -0.15) is 0 Å². The first-order valence-corrected chi connectivity index (χ1v) is 11.8. The lowest BCUT2D eigenvalue weighted by molar-refractivity contribution is -0.222. The van der Waals surface area contributed by atoms with E-state index in [2.05, 4.69) is 6.58 Å². The highest BCUT2D eigenvalue weighted by molar-refractivity contribution is 6.29. The molecule has 7 heteroatoms. The number of carbonyl (C=O) groups excluding carboxylic acids is 2. The number of rotatable bonds is 5. The molecule has 0 aromatic carbocycles. The van der Waals surface area contributed by atoms with Crippen LogP contribution in [0, 0.1) is 22.7 Å². The van der Waals surface area contributed by atoms with Crippen molar-refractivity contribution in [3.8, 4) is 0 Å². The van der Waals surface area contributed by atoms with Gasteiger partial charge in [0.1, 0.15) is 0 Å². The molecular formula is C25H32ClFO5. The minimum atomic E-state index is -2.04. The monoisotopic (exact) mass is 466 g/mol. The molecule has 0 aromatic heterocycles. The fourth-order valence-electron chi connectivity index (χ4n) is 7.23. The predicted octanol–water partition coefficient (Wildman–Crippen LogP) is 3.47. The summed E-state index contributed by atoms with van der Waals surface area (Å²) in [5.41, 5.74) is -4.78. The number of carbonyl (C=O) groups is 2. The fourth-order valence-corrected chi connectivity index (χ4v) is 7.44. The van der Waals surface area contributed by atoms with Gasteiger partial charge >= 0.3 is 0 Å². The van der Waals surface area contributed by atoms with Gasteiger partial charge in [-0.05, 0) is 57.6 Å². The van der Waals surface area contributed by atoms with E-state index in [1.807, 2.05) is 0 Å². The zero-order valence-corrected chi connectivity index (χ0v) is 19.6. The van der Waals surface area contributed by atoms with Gasteiger partial charge in [0.2, 0.25) is 0 Å². The zero-order chi connectivity index (χ0) is 23.7. The second-order valence-corrected chi connectivity index (χ2v) is 10.8. The molecule has 8 atom stereocenters. The van der Waals surface area contributed by atoms with Crippen LogP contribution in [0.5, 0.6) is 0 Å². The molecule has 2 N–H and O–H groups in total. The molecule has 0 radical (unpaired) electrons. The first-order chi connectivity index (χ1) is 14.9. The Hall–Kier alpha value is -1.34. The number of hydrogen-bond acceptors (Lipinski definition) is 5. The minimum absolute atomic E-state index is 0.110. The third kappa shape index (κ3) is 2.85. The SMILES string of the molecule is C=C(C)COC1C[C@H]2[C@@H]3CCC4=CC(=O)C=C[C@]4(C)[C@@]3(F)C(O)C[C@]2(C)[C@@]1(O)C(=O)CCl. The van der Waals surface area contributed by atoms with Crippen LogP contribution in [-0.2, 0) is 14.3 Å². The quantitative estimate of drug-likeness (QED) is 0.479. The molecule has 0 bridgehead atoms. The molecule has 2 unspecified atom stereocenters. The van der Waals surface area contributed by atoms with Gasteiger partial charge in [0, 0.05) is 16.7 Å². The number of ketones is 2. The third-order valence-electron chi connectivity index (χ3n) is 8.91. The smallest absolute Gasteiger partial charge is 0.182 e. The molecule has 4 rings (SSSR count). The van der Waals surface area contributed by atoms with Crippen LogP contribution in [0.3, 0.4) is 0 Å². The number of Topliss-reactive ketones (excluding diaryl/α,β-unsaturated/α-hetero) is 1. The summed E-state index contributed by atoms with van der Waals surface area (Å²) in [5, 5.41) is 23.1. The van der Waals surface area contributed by atoms with Gasteiger partial charge in [-0.25, -0.2) is 4.39 Å². The van der Waals surface area contributed by atoms with Crippen molar-refractivity contribution >= 4 is 23.2 Å². The Morgan fingerprint density at radius 2 is 2.06 bits per heavy atom. The number of allylic oxidation sites excluding steroid dienone is 4. The van der Waals surface area contributed by atoms with E-state index in [4.69, 9.17) is 16.3 Å². The van der Waals surface area contributed by atoms with Crippen molar-refractivity contribution in [2.45, 2.75) is 69.9 Å². The molecule has 0 spiro atoms. The second kappa shape index (κ2) is 7.59. The Morgan fingerprint density at radius 3 is 2.69 bits per heavy atom. The van der Waals surface area contributed by atoms with Crippen molar-refractivity contribution in [2.75, 3.05) is 12.5 Å². The molecule has 0 aromatic rings. The molecule has 5 nitrogen and oxygen atoms in total. The zero-order valence-electron chi connectivity index (χ0n) is 18.9. The van der Waals surface area contributed by atoms with E-state index in [-0.39, 0.29) is 25.2 Å². The Kier molecular flexibility index (Phi) is 5.65. The lowest BCUT2D eigenvalue weighted by Crippen LogP contribution is -2.69. The van der Waals surface area contributed by atoms with Crippen molar-refractivity contribution < 1.29 is 28.9 Å². The number of fused-ring (bicyclic) bond motifs is 5. The van der Waals surface area contributed by atoms with E-state index in [1.54, 1.807) is 26.8 Å². The first kappa shape index (κ1) is 23.8. The van der Waals surface area contributed by atoms with E-state index in [1.165, 1.54) is 12.2 Å². The Labute approximate surface area is 193 Å². The molecular weight excluding hydrogens is 435 g/mol. The van der Waals surface area contributed by atoms with E-state index in [0.29, 0.717) is 18.4 Å². The molecule has 0 aliphatic heterocycles. The highest BCUT2D eigenvalue weighted by Gasteiger charge is 2.76. The molecule has 176 valence electrons. The second-order valence-electron chi connectivity index (χ2n) is 10.6. The molecule has 0 amide bonds. The maximum absolute atomic E-state index is 17.1. The number of aliphatic hydroxyl groups is 2. The maximum Gasteiger partial charge on any atom is 0.182 e. The Balaban J connectivity index is 1.81. The summed E-state index contributed by atoms with van der Waals surface area (Å²) >= 11 is 5.90. The van der Waals surface area contributed by atoms with Gasteiger partial charge in [-0.3, -0.25) is 9.59 Å². The summed E-state index contributed by atoms with van der Waals surface area (Å²) in [6.07, 6.45) is 3.23. The molecule has 0 saturated heterocycles. The molecule has 0 heterocycles. The van der Waals surface area contributed by atoms with Crippen LogP contribution in [0.25, 0.3) is 0 Å². The normalized spacial score (nSPS) is 47.3. The van der Waals surface area contributed by atoms with Gasteiger partial charge < -0.3 is 14.9 Å². The van der Waals surface area contributed by atoms with Crippen molar-refractivity contribution in [3.05, 3.63) is 36.0 Å². The molecule has 3 fully saturated rings. The van der Waals surface area contributed by atoms with Crippen molar-refractivity contribution in [1.29, 1.82) is 0 Å². The number of ether oxygens (including phenoxy) is 1. The van der Waals surface area contributed by atoms with Crippen LogP contribution in [0.4, 0.5) is 4.39 Å². The number of aliphatic hydroxyl groups excluding tert-OH is 1. The number of alkyl halides is 2. The molecule has 3 saturated carbocycles. The summed E-state index contributed by atoms with van der Waals surface area (Å²) < 4.78 is 23.1. The summed E-state index contributed by atoms with van der Waals surface area (Å²) in [4.78, 5) is 25.0. The van der Waals surface area contributed by atoms with Crippen molar-refractivity contribution in [1.82, 2.24) is 0 Å². The van der Waals surface area contributed by atoms with Crippen LogP contribution < -0.4 is 0 Å². The van der Waals surface area contributed by atoms with Gasteiger partial charge in [0.15, 0.2) is 22.8 Å². The summed E-state index contributed by atoms with van der Waals surface area (Å²) in [7, 11) is 0. The highest BCUT2D eigenvalue weighted by atomic mass is 35.5. The fraction of sp³-hybridized carbons (Fsp3) is 0.680. The predicted molar refractivity (Wildman–Crippen MR) is 119 cm³/mol. The van der Waals surface area contributed by atoms with Crippen LogP contribution in [0.1, 0.15) is 46.5 Å². The van der Waals surface area contributed by atoms with E-state index < -0.39 is 57.8 Å². The molecule has 4 aliphatic rings. The van der Waals surface area contributed by atoms with Crippen LogP contribution in [-0.4, -0.2) is 57.7 Å². The van der Waals surface area contributed by atoms with Gasteiger partial charge in [0.25, 0.3) is 0 Å². The maximum atomic E-state index is 17.1. The van der Waals surface area contributed by atoms with Gasteiger partial charge in [0.05, 0.1) is 24.7 Å². The van der Waals surface area contributed by atoms with Crippen LogP contribution >= 0.6 is 11.6 Å². The summed E-state index contributed by atoms with van der Waals surface area (Å²) in [5.74, 6) is -2.18. The lowest BCUT2D eigenvalue weighted by Gasteiger charge is -2.62. The summed E-state index contributed by atoms with van der Waals surface area (Å²) in [6.45, 7) is 9.26. The van der Waals surface area contributed by atoms with Crippen LogP contribution in [0.15, 0.2) is 36.0 Å². The van der Waals surface area contributed by atoms with Gasteiger partial charge in [-0.15, -0.1) is 11.6 Å². The van der Waals surface area contributed by atoms with Crippen molar-refractivity contribution in [3.63, 3.8) is 0 Å². The van der Waals surface area contributed by atoms with E-state index >= 15 is 4.39 Å². The van der Waals surface area contributed by atoms with E-state index in [0.717, 1.165) is 5.57 Å². The number of halogens is 2. The highest BCUT2D eigenvalue weighted by Crippen LogP contribution is 2.70. The number of hydrogen-bond donors (Lipinski definition) is 2. The van der Waals surface area contributed by atoms with Crippen LogP contribution in [0.2, 0.25) is 0 Å². The topological polar surface area (TPSA) is 83.8 Å². The average molecular weight is 467 g/mol.